The first-order valence-electron chi connectivity index (χ1n) is 12.3. The van der Waals surface area contributed by atoms with E-state index in [1.165, 1.54) is 20.8 Å². The van der Waals surface area contributed by atoms with E-state index in [1.807, 2.05) is 30.3 Å². The van der Waals surface area contributed by atoms with E-state index < -0.39 is 62.4 Å². The zero-order valence-corrected chi connectivity index (χ0v) is 24.7. The second-order valence-corrected chi connectivity index (χ2v) is 12.4. The molecule has 0 amide bonds. The Kier molecular flexibility index (Phi) is 11.0. The number of benzene rings is 1. The normalized spacial score (nSPS) is 39.6. The molecule has 1 fully saturated rings. The number of aliphatic hydroxyl groups excluding tert-OH is 1. The lowest BCUT2D eigenvalue weighted by Crippen LogP contribution is -2.54. The monoisotopic (exact) mass is 632 g/mol. The van der Waals surface area contributed by atoms with Gasteiger partial charge in [-0.3, -0.25) is 14.4 Å². The van der Waals surface area contributed by atoms with Gasteiger partial charge < -0.3 is 20.1 Å². The Bertz CT molecular complexity index is 918. The van der Waals surface area contributed by atoms with Gasteiger partial charge in [-0.15, -0.1) is 0 Å². The highest BCUT2D eigenvalue weighted by atomic mass is 79.9. The lowest BCUT2D eigenvalue weighted by Gasteiger charge is -2.39. The maximum Gasteiger partial charge on any atom is 0.180 e. The molecule has 0 saturated heterocycles. The van der Waals surface area contributed by atoms with Crippen LogP contribution in [0, 0.1) is 17.8 Å². The van der Waals surface area contributed by atoms with Crippen LogP contribution >= 0.6 is 31.9 Å². The van der Waals surface area contributed by atoms with E-state index in [0.29, 0.717) is 6.42 Å². The number of Topliss-reactive ketones (excluding diaryl/α,β-unsaturated/α-hetero) is 3. The van der Waals surface area contributed by atoms with Crippen molar-refractivity contribution in [2.75, 3.05) is 0 Å². The van der Waals surface area contributed by atoms with Gasteiger partial charge in [-0.25, -0.2) is 0 Å². The predicted molar refractivity (Wildman–Crippen MR) is 144 cm³/mol. The van der Waals surface area contributed by atoms with Crippen LogP contribution in [0.25, 0.3) is 0 Å². The van der Waals surface area contributed by atoms with Crippen LogP contribution in [0.4, 0.5) is 0 Å². The van der Waals surface area contributed by atoms with Crippen LogP contribution < -0.4 is 0 Å². The topological polar surface area (TPSA) is 121 Å². The van der Waals surface area contributed by atoms with Crippen molar-refractivity contribution in [2.24, 2.45) is 17.8 Å². The molecule has 2 rings (SSSR count). The first-order valence-corrected chi connectivity index (χ1v) is 14.2. The van der Waals surface area contributed by atoms with Crippen LogP contribution in [0.15, 0.2) is 30.3 Å². The van der Waals surface area contributed by atoms with Gasteiger partial charge in [0.1, 0.15) is 26.6 Å². The van der Waals surface area contributed by atoms with Crippen molar-refractivity contribution in [3.05, 3.63) is 35.9 Å². The molecule has 202 valence electrons. The number of rotatable bonds is 4. The fourth-order valence-corrected chi connectivity index (χ4v) is 6.93. The molecule has 0 aromatic heterocycles. The van der Waals surface area contributed by atoms with E-state index in [2.05, 4.69) is 31.9 Å². The molecule has 7 nitrogen and oxygen atoms in total. The van der Waals surface area contributed by atoms with Gasteiger partial charge in [0, 0.05) is 18.3 Å². The Labute approximate surface area is 230 Å². The summed E-state index contributed by atoms with van der Waals surface area (Å²) in [6.07, 6.45) is -2.07. The lowest BCUT2D eigenvalue weighted by atomic mass is 9.74. The van der Waals surface area contributed by atoms with Gasteiger partial charge in [0.25, 0.3) is 0 Å². The zero-order valence-electron chi connectivity index (χ0n) is 21.5. The molecule has 0 bridgehead atoms. The highest BCUT2D eigenvalue weighted by Gasteiger charge is 2.49. The standard InChI is InChI=1S/C27H38Br2O7/c1-6-18-12-19(30)16(3)22(31)20(28)24(32)26(4,34)13-15(2)23(21(29)25(33)27(18,5)35)36-14-17-10-8-7-9-11-17/h7-11,15-16,18,20-23,31,34-35H,6,12-14H2,1-5H3/t15-,16+,18+,20+,21+,22+,23+,26-,27-/m1/s1. The summed E-state index contributed by atoms with van der Waals surface area (Å²) in [5, 5.41) is 33.3. The van der Waals surface area contributed by atoms with Gasteiger partial charge in [-0.2, -0.15) is 0 Å². The van der Waals surface area contributed by atoms with Crippen LogP contribution in [0.3, 0.4) is 0 Å². The van der Waals surface area contributed by atoms with E-state index in [4.69, 9.17) is 4.74 Å². The molecule has 0 heterocycles. The van der Waals surface area contributed by atoms with Crippen molar-refractivity contribution in [1.82, 2.24) is 0 Å². The number of ketones is 3. The lowest BCUT2D eigenvalue weighted by molar-refractivity contribution is -0.149. The van der Waals surface area contributed by atoms with Crippen molar-refractivity contribution in [3.8, 4) is 0 Å². The SMILES string of the molecule is CC[C@H]1CC(=O)[C@H](C)[C@H](O)[C@H](Br)C(=O)[C@](C)(O)C[C@@H](C)[C@H](OCc2ccccc2)[C@H](Br)C(=O)[C@]1(C)O. The number of ether oxygens (including phenoxy) is 1. The van der Waals surface area contributed by atoms with Crippen molar-refractivity contribution in [2.45, 2.75) is 93.6 Å². The Morgan fingerprint density at radius 1 is 1.00 bits per heavy atom. The van der Waals surface area contributed by atoms with Gasteiger partial charge in [0.05, 0.1) is 18.8 Å². The summed E-state index contributed by atoms with van der Waals surface area (Å²) in [6.45, 7) is 7.99. The van der Waals surface area contributed by atoms with Crippen molar-refractivity contribution < 1.29 is 34.4 Å². The Hall–Kier alpha value is -0.970. The Balaban J connectivity index is 2.52. The minimum atomic E-state index is -1.87. The second kappa shape index (κ2) is 12.7. The van der Waals surface area contributed by atoms with Gasteiger partial charge in [0.15, 0.2) is 11.6 Å². The molecule has 0 radical (unpaired) electrons. The second-order valence-electron chi connectivity index (χ2n) is 10.5. The molecule has 1 aromatic rings. The highest BCUT2D eigenvalue weighted by molar-refractivity contribution is 9.10. The van der Waals surface area contributed by atoms with Crippen LogP contribution in [-0.4, -0.2) is 65.7 Å². The molecule has 36 heavy (non-hydrogen) atoms. The van der Waals surface area contributed by atoms with Crippen molar-refractivity contribution >= 4 is 49.2 Å². The molecule has 1 aromatic carbocycles. The first-order chi connectivity index (χ1) is 16.6. The largest absolute Gasteiger partial charge is 0.391 e. The smallest absolute Gasteiger partial charge is 0.180 e. The summed E-state index contributed by atoms with van der Waals surface area (Å²) in [5.41, 5.74) is -2.85. The molecule has 1 aliphatic carbocycles. The molecule has 0 unspecified atom stereocenters. The first kappa shape index (κ1) is 31.2. The minimum absolute atomic E-state index is 0.0723. The molecule has 1 aliphatic rings. The Morgan fingerprint density at radius 3 is 2.14 bits per heavy atom. The molecule has 0 aliphatic heterocycles. The fourth-order valence-electron chi connectivity index (χ4n) is 4.84. The summed E-state index contributed by atoms with van der Waals surface area (Å²) in [5.74, 6) is -3.73. The van der Waals surface area contributed by atoms with Crippen LogP contribution in [-0.2, 0) is 25.7 Å². The number of hydrogen-bond acceptors (Lipinski definition) is 7. The van der Waals surface area contributed by atoms with Crippen molar-refractivity contribution in [3.63, 3.8) is 0 Å². The number of carbonyl (C=O) groups excluding carboxylic acids is 3. The molecule has 9 atom stereocenters. The number of alkyl halides is 2. The van der Waals surface area contributed by atoms with Crippen LogP contribution in [0.2, 0.25) is 0 Å². The van der Waals surface area contributed by atoms with E-state index in [9.17, 15) is 29.7 Å². The van der Waals surface area contributed by atoms with E-state index in [0.717, 1.165) is 5.56 Å². The summed E-state index contributed by atoms with van der Waals surface area (Å²) in [6, 6.07) is 9.37. The van der Waals surface area contributed by atoms with Gasteiger partial charge in [-0.05, 0) is 38.2 Å². The van der Waals surface area contributed by atoms with Gasteiger partial charge >= 0.3 is 0 Å². The van der Waals surface area contributed by atoms with Crippen LogP contribution in [0.1, 0.15) is 59.4 Å². The van der Waals surface area contributed by atoms with E-state index in [-0.39, 0.29) is 25.2 Å². The average Bonchev–Trinajstić information content (AvgIpc) is 2.84. The summed E-state index contributed by atoms with van der Waals surface area (Å²) in [7, 11) is 0. The van der Waals surface area contributed by atoms with E-state index >= 15 is 0 Å². The number of aliphatic hydroxyl groups is 3. The van der Waals surface area contributed by atoms with Gasteiger partial charge in [0.2, 0.25) is 0 Å². The maximum atomic E-state index is 13.6. The Morgan fingerprint density at radius 2 is 1.58 bits per heavy atom. The molecular weight excluding hydrogens is 596 g/mol. The number of hydrogen-bond donors (Lipinski definition) is 3. The van der Waals surface area contributed by atoms with Crippen molar-refractivity contribution in [1.29, 1.82) is 0 Å². The minimum Gasteiger partial charge on any atom is -0.391 e. The molecule has 9 heteroatoms. The average molecular weight is 634 g/mol. The van der Waals surface area contributed by atoms with Gasteiger partial charge in [-0.1, -0.05) is 83.0 Å². The maximum absolute atomic E-state index is 13.6. The molecule has 3 N–H and O–H groups in total. The quantitative estimate of drug-likeness (QED) is 0.432. The third kappa shape index (κ3) is 7.11. The summed E-state index contributed by atoms with van der Waals surface area (Å²) >= 11 is 6.66. The number of halogens is 2. The summed E-state index contributed by atoms with van der Waals surface area (Å²) in [4.78, 5) is 37.7. The van der Waals surface area contributed by atoms with E-state index in [1.54, 1.807) is 13.8 Å². The third-order valence-electron chi connectivity index (χ3n) is 7.44. The highest BCUT2D eigenvalue weighted by Crippen LogP contribution is 2.36. The number of carbonyl (C=O) groups is 3. The van der Waals surface area contributed by atoms with Crippen LogP contribution in [0.5, 0.6) is 0 Å². The summed E-state index contributed by atoms with van der Waals surface area (Å²) < 4.78 is 6.17. The third-order valence-corrected chi connectivity index (χ3v) is 9.33. The molecule has 1 saturated carbocycles. The molecular formula is C27H38Br2O7. The predicted octanol–water partition coefficient (Wildman–Crippen LogP) is 3.76. The zero-order chi connectivity index (χ0) is 27.4. The molecule has 0 spiro atoms. The fraction of sp³-hybridized carbons (Fsp3) is 0.667.